The van der Waals surface area contributed by atoms with E-state index in [4.69, 9.17) is 0 Å². The molecule has 0 bridgehead atoms. The molecule has 2 heterocycles. The Balaban J connectivity index is 1.62. The first-order chi connectivity index (χ1) is 10.5. The van der Waals surface area contributed by atoms with E-state index >= 15 is 0 Å². The number of thiophene rings is 1. The van der Waals surface area contributed by atoms with Crippen LogP contribution in [0.4, 0.5) is 4.39 Å². The van der Waals surface area contributed by atoms with Crippen LogP contribution in [0.25, 0.3) is 0 Å². The molecule has 1 aliphatic rings. The Bertz CT molecular complexity index is 764. The van der Waals surface area contributed by atoms with E-state index in [2.05, 4.69) is 0 Å². The monoisotopic (exact) mass is 339 g/mol. The van der Waals surface area contributed by atoms with E-state index in [1.807, 2.05) is 17.5 Å². The summed E-state index contributed by atoms with van der Waals surface area (Å²) >= 11 is 1.51. The zero-order valence-corrected chi connectivity index (χ0v) is 13.2. The SMILES string of the molecule is O=C(Cc1cccs1)N1CC(S(=O)(=O)c2ccc(F)cc2)C1. The van der Waals surface area contributed by atoms with E-state index in [9.17, 15) is 17.6 Å². The number of halogens is 1. The lowest BCUT2D eigenvalue weighted by atomic mass is 10.2. The van der Waals surface area contributed by atoms with Gasteiger partial charge in [-0.3, -0.25) is 4.79 Å². The van der Waals surface area contributed by atoms with E-state index in [-0.39, 0.29) is 23.9 Å². The van der Waals surface area contributed by atoms with Crippen LogP contribution in [0.3, 0.4) is 0 Å². The van der Waals surface area contributed by atoms with Crippen LogP contribution in [0.2, 0.25) is 0 Å². The Kier molecular flexibility index (Phi) is 4.01. The number of carbonyl (C=O) groups excluding carboxylic acids is 1. The fourth-order valence-electron chi connectivity index (χ4n) is 2.33. The maximum atomic E-state index is 12.9. The van der Waals surface area contributed by atoms with Gasteiger partial charge in [0.05, 0.1) is 11.3 Å². The molecular formula is C15H14FNO3S2. The molecule has 2 aromatic rings. The van der Waals surface area contributed by atoms with Crippen molar-refractivity contribution in [1.29, 1.82) is 0 Å². The van der Waals surface area contributed by atoms with Gasteiger partial charge in [0.2, 0.25) is 5.91 Å². The molecule has 0 atom stereocenters. The van der Waals surface area contributed by atoms with Crippen molar-refractivity contribution >= 4 is 27.1 Å². The molecule has 116 valence electrons. The highest BCUT2D eigenvalue weighted by Gasteiger charge is 2.40. The first-order valence-electron chi connectivity index (χ1n) is 6.76. The van der Waals surface area contributed by atoms with Crippen molar-refractivity contribution in [3.05, 3.63) is 52.5 Å². The first-order valence-corrected chi connectivity index (χ1v) is 9.19. The summed E-state index contributed by atoms with van der Waals surface area (Å²) in [5, 5.41) is 1.30. The molecule has 0 saturated carbocycles. The zero-order valence-electron chi connectivity index (χ0n) is 11.6. The topological polar surface area (TPSA) is 54.5 Å². The van der Waals surface area contributed by atoms with Crippen molar-refractivity contribution in [2.24, 2.45) is 0 Å². The van der Waals surface area contributed by atoms with E-state index < -0.39 is 20.9 Å². The van der Waals surface area contributed by atoms with Crippen LogP contribution < -0.4 is 0 Å². The Hall–Kier alpha value is -1.73. The number of carbonyl (C=O) groups is 1. The minimum Gasteiger partial charge on any atom is -0.340 e. The fraction of sp³-hybridized carbons (Fsp3) is 0.267. The summed E-state index contributed by atoms with van der Waals surface area (Å²) in [4.78, 5) is 14.7. The molecule has 7 heteroatoms. The first kappa shape index (κ1) is 15.2. The van der Waals surface area contributed by atoms with Gasteiger partial charge in [-0.25, -0.2) is 12.8 Å². The Morgan fingerprint density at radius 3 is 2.50 bits per heavy atom. The van der Waals surface area contributed by atoms with E-state index in [0.717, 1.165) is 17.0 Å². The number of hydrogen-bond donors (Lipinski definition) is 0. The summed E-state index contributed by atoms with van der Waals surface area (Å²) in [5.41, 5.74) is 0. The molecular weight excluding hydrogens is 325 g/mol. The predicted octanol–water partition coefficient (Wildman–Crippen LogP) is 2.11. The molecule has 3 rings (SSSR count). The van der Waals surface area contributed by atoms with Gasteiger partial charge < -0.3 is 4.90 Å². The second-order valence-electron chi connectivity index (χ2n) is 5.18. The number of nitrogens with zero attached hydrogens (tertiary/aromatic N) is 1. The third kappa shape index (κ3) is 2.91. The summed E-state index contributed by atoms with van der Waals surface area (Å²) in [7, 11) is -3.51. The van der Waals surface area contributed by atoms with Gasteiger partial charge in [-0.15, -0.1) is 11.3 Å². The van der Waals surface area contributed by atoms with Crippen LogP contribution >= 0.6 is 11.3 Å². The highest BCUT2D eigenvalue weighted by atomic mass is 32.2. The lowest BCUT2D eigenvalue weighted by Crippen LogP contribution is -2.57. The quantitative estimate of drug-likeness (QED) is 0.802. The standard InChI is InChI=1S/C15H14FNO3S2/c16-11-3-5-13(6-4-11)22(19,20)14-9-17(10-14)15(18)8-12-2-1-7-21-12/h1-7,14H,8-10H2. The normalized spacial score (nSPS) is 15.6. The molecule has 0 radical (unpaired) electrons. The van der Waals surface area contributed by atoms with Crippen molar-refractivity contribution in [1.82, 2.24) is 4.90 Å². The van der Waals surface area contributed by atoms with Gasteiger partial charge in [-0.05, 0) is 35.7 Å². The van der Waals surface area contributed by atoms with Crippen LogP contribution in [0, 0.1) is 5.82 Å². The summed E-state index contributed by atoms with van der Waals surface area (Å²) in [6, 6.07) is 8.55. The fourth-order valence-corrected chi connectivity index (χ4v) is 4.68. The molecule has 1 aliphatic heterocycles. The molecule has 4 nitrogen and oxygen atoms in total. The minimum absolute atomic E-state index is 0.0620. The van der Waals surface area contributed by atoms with Gasteiger partial charge in [0.15, 0.2) is 9.84 Å². The summed E-state index contributed by atoms with van der Waals surface area (Å²) in [5.74, 6) is -0.534. The minimum atomic E-state index is -3.51. The molecule has 0 N–H and O–H groups in total. The number of sulfone groups is 1. The largest absolute Gasteiger partial charge is 0.340 e. The highest BCUT2D eigenvalue weighted by Crippen LogP contribution is 2.25. The van der Waals surface area contributed by atoms with Crippen molar-refractivity contribution in [2.45, 2.75) is 16.6 Å². The molecule has 0 unspecified atom stereocenters. The molecule has 1 aromatic heterocycles. The molecule has 22 heavy (non-hydrogen) atoms. The molecule has 1 saturated heterocycles. The molecule has 1 aromatic carbocycles. The maximum absolute atomic E-state index is 12.9. The van der Waals surface area contributed by atoms with Gasteiger partial charge >= 0.3 is 0 Å². The van der Waals surface area contributed by atoms with Crippen LogP contribution in [-0.4, -0.2) is 37.6 Å². The van der Waals surface area contributed by atoms with Crippen LogP contribution in [0.1, 0.15) is 4.88 Å². The Labute approximate surface area is 132 Å². The molecule has 1 amide bonds. The van der Waals surface area contributed by atoms with E-state index in [1.165, 1.54) is 23.5 Å². The van der Waals surface area contributed by atoms with Crippen LogP contribution in [-0.2, 0) is 21.1 Å². The maximum Gasteiger partial charge on any atom is 0.227 e. The smallest absolute Gasteiger partial charge is 0.227 e. The third-order valence-corrected chi connectivity index (χ3v) is 6.67. The zero-order chi connectivity index (χ0) is 15.7. The average Bonchev–Trinajstić information content (AvgIpc) is 2.90. The van der Waals surface area contributed by atoms with E-state index in [0.29, 0.717) is 6.42 Å². The number of rotatable bonds is 4. The van der Waals surface area contributed by atoms with Gasteiger partial charge in [0.25, 0.3) is 0 Å². The number of amides is 1. The molecule has 0 spiro atoms. The second-order valence-corrected chi connectivity index (χ2v) is 8.44. The van der Waals surface area contributed by atoms with Gasteiger partial charge in [-0.1, -0.05) is 6.07 Å². The van der Waals surface area contributed by atoms with Crippen LogP contribution in [0.5, 0.6) is 0 Å². The van der Waals surface area contributed by atoms with Gasteiger partial charge in [0, 0.05) is 18.0 Å². The Morgan fingerprint density at radius 2 is 1.91 bits per heavy atom. The van der Waals surface area contributed by atoms with Crippen molar-refractivity contribution in [3.63, 3.8) is 0 Å². The van der Waals surface area contributed by atoms with Gasteiger partial charge in [0.1, 0.15) is 11.1 Å². The number of benzene rings is 1. The van der Waals surface area contributed by atoms with Crippen LogP contribution in [0.15, 0.2) is 46.7 Å². The summed E-state index contributed by atoms with van der Waals surface area (Å²) in [6.07, 6.45) is 0.307. The third-order valence-electron chi connectivity index (χ3n) is 3.69. The lowest BCUT2D eigenvalue weighted by molar-refractivity contribution is -0.133. The summed E-state index contributed by atoms with van der Waals surface area (Å²) in [6.45, 7) is 0.397. The van der Waals surface area contributed by atoms with Crippen molar-refractivity contribution in [3.8, 4) is 0 Å². The average molecular weight is 339 g/mol. The number of hydrogen-bond acceptors (Lipinski definition) is 4. The molecule has 1 fully saturated rings. The molecule has 0 aliphatic carbocycles. The van der Waals surface area contributed by atoms with Gasteiger partial charge in [-0.2, -0.15) is 0 Å². The highest BCUT2D eigenvalue weighted by molar-refractivity contribution is 7.92. The number of likely N-dealkylation sites (tertiary alicyclic amines) is 1. The lowest BCUT2D eigenvalue weighted by Gasteiger charge is -2.38. The predicted molar refractivity (Wildman–Crippen MR) is 82.0 cm³/mol. The second kappa shape index (κ2) is 5.81. The van der Waals surface area contributed by atoms with Crippen molar-refractivity contribution < 1.29 is 17.6 Å². The van der Waals surface area contributed by atoms with Crippen molar-refractivity contribution in [2.75, 3.05) is 13.1 Å². The summed E-state index contributed by atoms with van der Waals surface area (Å²) < 4.78 is 37.6. The van der Waals surface area contributed by atoms with E-state index in [1.54, 1.807) is 4.90 Å². The Morgan fingerprint density at radius 1 is 1.23 bits per heavy atom.